The van der Waals surface area contributed by atoms with Crippen molar-refractivity contribution in [2.45, 2.75) is 56.7 Å². The highest BCUT2D eigenvalue weighted by Crippen LogP contribution is 2.40. The van der Waals surface area contributed by atoms with E-state index in [0.29, 0.717) is 107 Å². The first kappa shape index (κ1) is 70.7. The number of nitrogens with zero attached hydrogens (tertiary/aromatic N) is 14. The molecule has 0 spiro atoms. The number of rotatable bonds is 18. The van der Waals surface area contributed by atoms with Gasteiger partial charge in [-0.2, -0.15) is 5.10 Å². The molecule has 3 saturated heterocycles. The lowest BCUT2D eigenvalue weighted by atomic mass is 10.1. The summed E-state index contributed by atoms with van der Waals surface area (Å²) in [4.78, 5) is 109. The first-order valence-corrected chi connectivity index (χ1v) is 33.8. The molecule has 27 nitrogen and oxygen atoms in total. The molecule has 27 heteroatoms. The minimum absolute atomic E-state index is 0.0297. The summed E-state index contributed by atoms with van der Waals surface area (Å²) in [6, 6.07) is 41.1. The Morgan fingerprint density at radius 3 is 1.53 bits per heavy atom. The molecule has 0 unspecified atom stereocenters. The first-order chi connectivity index (χ1) is 50.5. The van der Waals surface area contributed by atoms with E-state index in [1.54, 1.807) is 118 Å². The van der Waals surface area contributed by atoms with Crippen molar-refractivity contribution in [1.29, 1.82) is 0 Å². The van der Waals surface area contributed by atoms with Gasteiger partial charge in [-0.15, -0.1) is 0 Å². The zero-order chi connectivity index (χ0) is 73.0. The highest BCUT2D eigenvalue weighted by atomic mass is 16.5. The third-order valence-corrected chi connectivity index (χ3v) is 18.0. The molecule has 14 rings (SSSR count). The predicted octanol–water partition coefficient (Wildman–Crippen LogP) is 10.3. The van der Waals surface area contributed by atoms with Crippen LogP contribution < -0.4 is 38.3 Å². The van der Waals surface area contributed by atoms with Crippen LogP contribution in [0.3, 0.4) is 0 Å². The van der Waals surface area contributed by atoms with Gasteiger partial charge in [0.1, 0.15) is 85.9 Å². The van der Waals surface area contributed by atoms with E-state index in [1.807, 2.05) is 118 Å². The Morgan fingerprint density at radius 1 is 0.558 bits per heavy atom. The number of para-hydroxylation sites is 1. The smallest absolute Gasteiger partial charge is 0.256 e. The maximum atomic E-state index is 13.0. The molecule has 3 atom stereocenters. The van der Waals surface area contributed by atoms with E-state index in [-0.39, 0.29) is 59.0 Å². The van der Waals surface area contributed by atoms with Crippen molar-refractivity contribution < 1.29 is 33.5 Å². The third kappa shape index (κ3) is 15.7. The Hall–Kier alpha value is -13.2. The number of nitrogens with two attached hydrogens (primary N) is 4. The number of likely N-dealkylation sites (tertiary alicyclic amines) is 3. The normalized spacial score (nSPS) is 15.6. The van der Waals surface area contributed by atoms with Gasteiger partial charge < -0.3 is 57.9 Å². The second-order valence-corrected chi connectivity index (χ2v) is 25.1. The van der Waals surface area contributed by atoms with Crippen molar-refractivity contribution in [2.75, 3.05) is 74.7 Å². The topological polar surface area (TPSA) is 357 Å². The Labute approximate surface area is 599 Å². The van der Waals surface area contributed by atoms with Crippen LogP contribution >= 0.6 is 0 Å². The number of carbonyl (C=O) groups excluding carboxylic acids is 6. The summed E-state index contributed by atoms with van der Waals surface area (Å²) in [5.41, 5.74) is 31.0. The Bertz CT molecular complexity index is 4980. The molecule has 0 aliphatic carbocycles. The van der Waals surface area contributed by atoms with Gasteiger partial charge in [-0.05, 0) is 150 Å². The van der Waals surface area contributed by atoms with Gasteiger partial charge in [0.2, 0.25) is 17.7 Å². The van der Waals surface area contributed by atoms with E-state index < -0.39 is 5.91 Å². The standard InChI is InChI=1S/C28H30N8O2.C25H23N7O2.C24H25N5O3/c1-34(2)16-6-9-23(37)35-17-5-7-21(35)27-33-24(25-26(29)31-15-18-36(25)27)19-10-12-20(13-11-19)28(38)32-22-8-3-4-14-30-22;1-2-20(33)31-14-5-6-18(31)24-30-21(22-23(26)28-13-15-32(22)24)16-8-10-17(11-9-16)25(34)29-19-7-3-4-12-27-19;1-2-20(30)28-14-6-7-17(15-28)29-23(25)21(24(26)31)22(27-29)16-10-12-19(13-11-16)32-18-8-4-3-5-9-18/h3-4,6,8-15,18,21H,5,7,16-17H2,1-2H3,(H2,29,31)(H,30,32,38);2-4,7-13,15,18H,1,5-6,14H2,(H2,26,28)(H,27,29,34);2-5,8-13,17H,1,6-7,14-15,25H2,(H2,26,31)/b9-6+;;/t21-;18-;17-/m001/s1. The zero-order valence-corrected chi connectivity index (χ0v) is 57.4. The monoisotopic (exact) mass is 1390 g/mol. The number of likely N-dealkylation sites (N-methyl/N-ethyl adjacent to an activating group) is 1. The van der Waals surface area contributed by atoms with Crippen molar-refractivity contribution in [3.63, 3.8) is 0 Å². The van der Waals surface area contributed by atoms with Gasteiger partial charge in [-0.3, -0.25) is 37.6 Å². The Morgan fingerprint density at radius 2 is 1.04 bits per heavy atom. The maximum absolute atomic E-state index is 13.0. The van der Waals surface area contributed by atoms with Crippen LogP contribution in [0.5, 0.6) is 11.5 Å². The number of hydrogen-bond donors (Lipinski definition) is 6. The Balaban J connectivity index is 0.000000147. The molecule has 3 aliphatic heterocycles. The molecule has 11 aromatic rings. The fourth-order valence-corrected chi connectivity index (χ4v) is 13.0. The number of pyridine rings is 2. The third-order valence-electron chi connectivity index (χ3n) is 18.0. The number of fused-ring (bicyclic) bond motifs is 2. The largest absolute Gasteiger partial charge is 0.457 e. The van der Waals surface area contributed by atoms with Gasteiger partial charge in [0, 0.05) is 104 Å². The van der Waals surface area contributed by atoms with E-state index >= 15 is 0 Å². The highest BCUT2D eigenvalue weighted by Gasteiger charge is 2.36. The van der Waals surface area contributed by atoms with Crippen LogP contribution in [0.2, 0.25) is 0 Å². The van der Waals surface area contributed by atoms with Crippen LogP contribution in [0.4, 0.5) is 29.1 Å². The van der Waals surface area contributed by atoms with Crippen LogP contribution in [-0.2, 0) is 14.4 Å². The van der Waals surface area contributed by atoms with E-state index in [9.17, 15) is 28.8 Å². The molecule has 0 radical (unpaired) electrons. The molecule has 4 aromatic carbocycles. The van der Waals surface area contributed by atoms with E-state index in [4.69, 9.17) is 37.6 Å². The molecule has 7 aromatic heterocycles. The number of hydrogen-bond acceptors (Lipinski definition) is 18. The van der Waals surface area contributed by atoms with Crippen LogP contribution in [0.1, 0.15) is 99.4 Å². The average molecular weight is 1400 g/mol. The van der Waals surface area contributed by atoms with Crippen molar-refractivity contribution in [3.8, 4) is 45.3 Å². The quantitative estimate of drug-likeness (QED) is 0.0435. The van der Waals surface area contributed by atoms with E-state index in [2.05, 4.69) is 48.8 Å². The number of anilines is 5. The maximum Gasteiger partial charge on any atom is 0.256 e. The molecule has 10 heterocycles. The summed E-state index contributed by atoms with van der Waals surface area (Å²) in [5.74, 6) is 3.26. The number of benzene rings is 4. The highest BCUT2D eigenvalue weighted by molar-refractivity contribution is 6.05. The number of ether oxygens (including phenoxy) is 1. The van der Waals surface area contributed by atoms with Gasteiger partial charge >= 0.3 is 0 Å². The van der Waals surface area contributed by atoms with Crippen molar-refractivity contribution in [2.24, 2.45) is 5.73 Å². The fraction of sp³-hybridized carbons (Fsp3) is 0.208. The van der Waals surface area contributed by atoms with Crippen LogP contribution in [0, 0.1) is 0 Å². The molecule has 3 aliphatic rings. The van der Waals surface area contributed by atoms with Crippen molar-refractivity contribution >= 4 is 75.6 Å². The number of carbonyl (C=O) groups is 6. The minimum atomic E-state index is -0.650. The van der Waals surface area contributed by atoms with E-state index in [1.165, 1.54) is 12.2 Å². The molecule has 6 amide bonds. The number of piperidine rings is 1. The molecule has 0 bridgehead atoms. The number of primary amides is 1. The predicted molar refractivity (Wildman–Crippen MR) is 397 cm³/mol. The number of nitrogens with one attached hydrogen (secondary N) is 2. The summed E-state index contributed by atoms with van der Waals surface area (Å²) in [6.07, 6.45) is 21.3. The molecule has 3 fully saturated rings. The second-order valence-electron chi connectivity index (χ2n) is 25.1. The number of amides is 6. The summed E-state index contributed by atoms with van der Waals surface area (Å²) < 4.78 is 11.3. The average Bonchev–Trinajstić information content (AvgIpc) is 1.62. The van der Waals surface area contributed by atoms with Crippen LogP contribution in [-0.4, -0.2) is 150 Å². The lowest BCUT2D eigenvalue weighted by Gasteiger charge is -2.32. The lowest BCUT2D eigenvalue weighted by Crippen LogP contribution is -2.40. The van der Waals surface area contributed by atoms with Crippen molar-refractivity contribution in [3.05, 3.63) is 243 Å². The Kier molecular flexibility index (Phi) is 21.7. The van der Waals surface area contributed by atoms with Gasteiger partial charge in [0.25, 0.3) is 17.7 Å². The zero-order valence-electron chi connectivity index (χ0n) is 57.4. The summed E-state index contributed by atoms with van der Waals surface area (Å²) in [5, 5.41) is 10.2. The van der Waals surface area contributed by atoms with E-state index in [0.717, 1.165) is 67.1 Å². The summed E-state index contributed by atoms with van der Waals surface area (Å²) in [6.45, 7) is 10.3. The lowest BCUT2D eigenvalue weighted by molar-refractivity contribution is -0.128. The minimum Gasteiger partial charge on any atom is -0.457 e. The SMILES string of the molecule is C=CC(=O)N1CCC[C@@H](n2nc(-c3ccc(Oc4ccccc4)cc3)c(C(N)=O)c2N)C1.C=CC(=O)N1CCC[C@H]1c1nc(-c2ccc(C(=O)Nc3ccccn3)cc2)c2c(N)nccn12.CN(C)C/C=C/C(=O)N1CCC[C@H]1c1nc(-c2ccc(C(=O)Nc3ccccn3)cc2)c2c(N)nccn12. The van der Waals surface area contributed by atoms with Gasteiger partial charge in [0.15, 0.2) is 0 Å². The van der Waals surface area contributed by atoms with Crippen LogP contribution in [0.15, 0.2) is 214 Å². The van der Waals surface area contributed by atoms with Crippen molar-refractivity contribution in [1.82, 2.24) is 68.1 Å². The number of imidazole rings is 2. The molecule has 10 N–H and O–H groups in total. The fourth-order valence-electron chi connectivity index (χ4n) is 13.0. The van der Waals surface area contributed by atoms with Crippen LogP contribution in [0.25, 0.3) is 44.8 Å². The summed E-state index contributed by atoms with van der Waals surface area (Å²) in [7, 11) is 3.92. The number of aromatic nitrogens is 10. The number of nitrogen functional groups attached to an aromatic ring is 3. The molecular weight excluding hydrogens is 1320 g/mol. The molecule has 0 saturated carbocycles. The van der Waals surface area contributed by atoms with Gasteiger partial charge in [-0.25, -0.2) is 34.6 Å². The summed E-state index contributed by atoms with van der Waals surface area (Å²) >= 11 is 0. The van der Waals surface area contributed by atoms with Gasteiger partial charge in [0.05, 0.1) is 18.1 Å². The molecule has 528 valence electrons. The first-order valence-electron chi connectivity index (χ1n) is 33.8. The molecular formula is C77H78N20O7. The molecule has 104 heavy (non-hydrogen) atoms. The second kappa shape index (κ2) is 32.0. The van der Waals surface area contributed by atoms with Gasteiger partial charge in [-0.1, -0.05) is 73.8 Å².